The zero-order chi connectivity index (χ0) is 7.56. The van der Waals surface area contributed by atoms with E-state index in [-0.39, 0.29) is 11.7 Å². The molecule has 1 aromatic rings. The van der Waals surface area contributed by atoms with Crippen LogP contribution in [0.3, 0.4) is 0 Å². The molecule has 0 aliphatic rings. The Kier molecular flexibility index (Phi) is 1.66. The zero-order valence-corrected chi connectivity index (χ0v) is 5.34. The number of ether oxygens (including phenoxy) is 1. The van der Waals surface area contributed by atoms with E-state index in [4.69, 9.17) is 5.73 Å². The van der Waals surface area contributed by atoms with E-state index in [1.165, 1.54) is 13.3 Å². The lowest BCUT2D eigenvalue weighted by atomic mass is 10.6. The van der Waals surface area contributed by atoms with E-state index in [1.54, 1.807) is 0 Å². The average Bonchev–Trinajstić information content (AvgIpc) is 1.88. The van der Waals surface area contributed by atoms with Gasteiger partial charge in [0, 0.05) is 0 Å². The highest BCUT2D eigenvalue weighted by Crippen LogP contribution is 2.09. The van der Waals surface area contributed by atoms with Crippen LogP contribution in [0.25, 0.3) is 0 Å². The van der Waals surface area contributed by atoms with Crippen molar-refractivity contribution in [3.05, 3.63) is 12.1 Å². The Morgan fingerprint density at radius 1 is 1.70 bits per heavy atom. The standard InChI is InChI=1S/C5H6FN3O/c1-10-5-4(6)9-3(7)2-8-5/h2H,1H3,(H2,7,9). The van der Waals surface area contributed by atoms with Crippen molar-refractivity contribution in [1.29, 1.82) is 0 Å². The second-order valence-electron chi connectivity index (χ2n) is 1.59. The largest absolute Gasteiger partial charge is 0.478 e. The maximum Gasteiger partial charge on any atom is 0.277 e. The Labute approximate surface area is 56.9 Å². The second kappa shape index (κ2) is 2.47. The summed E-state index contributed by atoms with van der Waals surface area (Å²) in [6.45, 7) is 0. The second-order valence-corrected chi connectivity index (χ2v) is 1.59. The highest BCUT2D eigenvalue weighted by molar-refractivity contribution is 5.25. The lowest BCUT2D eigenvalue weighted by Crippen LogP contribution is -1.98. The van der Waals surface area contributed by atoms with Crippen molar-refractivity contribution in [2.45, 2.75) is 0 Å². The molecule has 0 aliphatic heterocycles. The molecule has 0 radical (unpaired) electrons. The molecule has 5 heteroatoms. The van der Waals surface area contributed by atoms with Crippen molar-refractivity contribution in [3.63, 3.8) is 0 Å². The van der Waals surface area contributed by atoms with Crippen molar-refractivity contribution < 1.29 is 9.13 Å². The van der Waals surface area contributed by atoms with Gasteiger partial charge in [0.05, 0.1) is 13.3 Å². The van der Waals surface area contributed by atoms with Crippen LogP contribution in [-0.2, 0) is 0 Å². The van der Waals surface area contributed by atoms with Crippen LogP contribution in [0.15, 0.2) is 6.20 Å². The summed E-state index contributed by atoms with van der Waals surface area (Å²) in [4.78, 5) is 6.78. The number of nitrogen functional groups attached to an aromatic ring is 1. The van der Waals surface area contributed by atoms with Gasteiger partial charge in [-0.15, -0.1) is 0 Å². The molecule has 10 heavy (non-hydrogen) atoms. The van der Waals surface area contributed by atoms with E-state index < -0.39 is 5.95 Å². The van der Waals surface area contributed by atoms with Crippen LogP contribution in [-0.4, -0.2) is 17.1 Å². The summed E-state index contributed by atoms with van der Waals surface area (Å²) in [5.74, 6) is -0.894. The third-order valence-corrected chi connectivity index (χ3v) is 0.911. The van der Waals surface area contributed by atoms with Crippen LogP contribution in [0.5, 0.6) is 5.88 Å². The summed E-state index contributed by atoms with van der Waals surface area (Å²) < 4.78 is 17.0. The first kappa shape index (κ1) is 6.73. The lowest BCUT2D eigenvalue weighted by Gasteiger charge is -1.97. The number of rotatable bonds is 1. The van der Waals surface area contributed by atoms with E-state index in [0.717, 1.165) is 0 Å². The molecule has 4 nitrogen and oxygen atoms in total. The molecule has 1 heterocycles. The minimum absolute atomic E-state index is 0.0401. The van der Waals surface area contributed by atoms with Gasteiger partial charge in [-0.1, -0.05) is 0 Å². The van der Waals surface area contributed by atoms with Gasteiger partial charge in [-0.3, -0.25) is 0 Å². The van der Waals surface area contributed by atoms with Gasteiger partial charge >= 0.3 is 0 Å². The number of nitrogens with zero attached hydrogens (tertiary/aromatic N) is 2. The number of aromatic nitrogens is 2. The summed E-state index contributed by atoms with van der Waals surface area (Å²) in [7, 11) is 1.31. The quantitative estimate of drug-likeness (QED) is 0.610. The summed E-state index contributed by atoms with van der Waals surface area (Å²) >= 11 is 0. The lowest BCUT2D eigenvalue weighted by molar-refractivity contribution is 0.360. The molecule has 0 fully saturated rings. The zero-order valence-electron chi connectivity index (χ0n) is 5.34. The van der Waals surface area contributed by atoms with Crippen LogP contribution in [0.4, 0.5) is 10.2 Å². The molecule has 1 aromatic heterocycles. The Hall–Kier alpha value is -1.39. The van der Waals surface area contributed by atoms with Crippen molar-refractivity contribution in [3.8, 4) is 5.88 Å². The maximum absolute atomic E-state index is 12.5. The fourth-order valence-corrected chi connectivity index (χ4v) is 0.505. The molecule has 0 aromatic carbocycles. The summed E-state index contributed by atoms with van der Waals surface area (Å²) in [5.41, 5.74) is 5.11. The first-order valence-corrected chi connectivity index (χ1v) is 2.56. The molecule has 0 unspecified atom stereocenters. The number of halogens is 1. The average molecular weight is 143 g/mol. The van der Waals surface area contributed by atoms with Gasteiger partial charge < -0.3 is 10.5 Å². The summed E-state index contributed by atoms with van der Waals surface area (Å²) in [6.07, 6.45) is 1.22. The van der Waals surface area contributed by atoms with Crippen LogP contribution in [0.1, 0.15) is 0 Å². The van der Waals surface area contributed by atoms with Crippen molar-refractivity contribution in [2.24, 2.45) is 0 Å². The molecule has 0 saturated heterocycles. The Bertz CT molecular complexity index is 240. The molecule has 0 aliphatic carbocycles. The first-order valence-electron chi connectivity index (χ1n) is 2.56. The summed E-state index contributed by atoms with van der Waals surface area (Å²) in [5, 5.41) is 0. The Balaban J connectivity index is 3.07. The topological polar surface area (TPSA) is 61.0 Å². The first-order chi connectivity index (χ1) is 4.74. The molecule has 1 rings (SSSR count). The number of anilines is 1. The van der Waals surface area contributed by atoms with Gasteiger partial charge in [0.2, 0.25) is 0 Å². The van der Waals surface area contributed by atoms with Gasteiger partial charge in [0.25, 0.3) is 11.8 Å². The van der Waals surface area contributed by atoms with E-state index in [0.29, 0.717) is 0 Å². The maximum atomic E-state index is 12.5. The molecule has 2 N–H and O–H groups in total. The number of methoxy groups -OCH3 is 1. The van der Waals surface area contributed by atoms with E-state index in [2.05, 4.69) is 14.7 Å². The van der Waals surface area contributed by atoms with Gasteiger partial charge in [-0.05, 0) is 0 Å². The fraction of sp³-hybridized carbons (Fsp3) is 0.200. The molecule has 0 spiro atoms. The van der Waals surface area contributed by atoms with Gasteiger partial charge in [-0.25, -0.2) is 4.98 Å². The van der Waals surface area contributed by atoms with Gasteiger partial charge in [0.15, 0.2) is 0 Å². The van der Waals surface area contributed by atoms with Gasteiger partial charge in [0.1, 0.15) is 5.82 Å². The fourth-order valence-electron chi connectivity index (χ4n) is 0.505. The molecule has 0 saturated carbocycles. The van der Waals surface area contributed by atoms with Crippen LogP contribution in [0.2, 0.25) is 0 Å². The van der Waals surface area contributed by atoms with Crippen molar-refractivity contribution in [1.82, 2.24) is 9.97 Å². The molecule has 0 amide bonds. The third-order valence-electron chi connectivity index (χ3n) is 0.911. The van der Waals surface area contributed by atoms with E-state index >= 15 is 0 Å². The monoisotopic (exact) mass is 143 g/mol. The molecular formula is C5H6FN3O. The predicted octanol–water partition coefficient (Wildman–Crippen LogP) is 0.206. The number of hydrogen-bond acceptors (Lipinski definition) is 4. The van der Waals surface area contributed by atoms with Crippen molar-refractivity contribution >= 4 is 5.82 Å². The normalized spacial score (nSPS) is 9.40. The SMILES string of the molecule is COc1ncc(N)nc1F. The molecule has 54 valence electrons. The van der Waals surface area contributed by atoms with Crippen LogP contribution < -0.4 is 10.5 Å². The predicted molar refractivity (Wildman–Crippen MR) is 33.0 cm³/mol. The van der Waals surface area contributed by atoms with Crippen molar-refractivity contribution in [2.75, 3.05) is 12.8 Å². The summed E-state index contributed by atoms with van der Waals surface area (Å²) in [6, 6.07) is 0. The van der Waals surface area contributed by atoms with E-state index in [9.17, 15) is 4.39 Å². The highest BCUT2D eigenvalue weighted by atomic mass is 19.1. The van der Waals surface area contributed by atoms with Gasteiger partial charge in [-0.2, -0.15) is 9.37 Å². The number of nitrogens with two attached hydrogens (primary N) is 1. The smallest absolute Gasteiger partial charge is 0.277 e. The number of hydrogen-bond donors (Lipinski definition) is 1. The third kappa shape index (κ3) is 1.12. The van der Waals surface area contributed by atoms with Crippen LogP contribution in [0, 0.1) is 5.95 Å². The Morgan fingerprint density at radius 2 is 2.40 bits per heavy atom. The minimum Gasteiger partial charge on any atom is -0.478 e. The molecular weight excluding hydrogens is 137 g/mol. The Morgan fingerprint density at radius 3 is 2.90 bits per heavy atom. The van der Waals surface area contributed by atoms with Crippen LogP contribution >= 0.6 is 0 Å². The minimum atomic E-state index is -0.789. The molecule has 0 atom stereocenters. The highest BCUT2D eigenvalue weighted by Gasteiger charge is 2.03. The van der Waals surface area contributed by atoms with E-state index in [1.807, 2.05) is 0 Å². The molecule has 0 bridgehead atoms.